The number of sulfonamides is 1. The summed E-state index contributed by atoms with van der Waals surface area (Å²) in [4.78, 5) is 14.7. The molecule has 1 amide bonds. The molecule has 0 atom stereocenters. The fraction of sp³-hybridized carbons (Fsp3) is 0.200. The molecule has 2 aromatic carbocycles. The first kappa shape index (κ1) is 23.5. The van der Waals surface area contributed by atoms with Crippen molar-refractivity contribution in [2.45, 2.75) is 24.9 Å². The van der Waals surface area contributed by atoms with Gasteiger partial charge in [0.1, 0.15) is 5.76 Å². The Labute approximate surface area is 199 Å². The van der Waals surface area contributed by atoms with Gasteiger partial charge in [-0.25, -0.2) is 13.1 Å². The van der Waals surface area contributed by atoms with Gasteiger partial charge in [-0.15, -0.1) is 0 Å². The molecule has 0 unspecified atom stereocenters. The van der Waals surface area contributed by atoms with E-state index >= 15 is 0 Å². The molecule has 0 spiro atoms. The van der Waals surface area contributed by atoms with E-state index in [4.69, 9.17) is 4.42 Å². The monoisotopic (exact) mass is 478 g/mol. The first-order valence-electron chi connectivity index (χ1n) is 10.7. The van der Waals surface area contributed by atoms with Gasteiger partial charge in [0.2, 0.25) is 15.9 Å². The van der Waals surface area contributed by atoms with Crippen LogP contribution in [0.15, 0.2) is 94.7 Å². The summed E-state index contributed by atoms with van der Waals surface area (Å²) in [6.45, 7) is 1.81. The second kappa shape index (κ2) is 10.1. The molecular formula is C25H26N4O4S. The van der Waals surface area contributed by atoms with Crippen LogP contribution in [0.1, 0.15) is 16.9 Å². The molecule has 34 heavy (non-hydrogen) atoms. The van der Waals surface area contributed by atoms with Gasteiger partial charge in [-0.05, 0) is 43.3 Å². The van der Waals surface area contributed by atoms with Crippen molar-refractivity contribution in [1.82, 2.24) is 19.0 Å². The van der Waals surface area contributed by atoms with Crippen LogP contribution in [-0.2, 0) is 27.9 Å². The molecule has 2 heterocycles. The molecule has 0 aliphatic heterocycles. The fourth-order valence-electron chi connectivity index (χ4n) is 3.46. The maximum absolute atomic E-state index is 13.3. The predicted octanol–water partition coefficient (Wildman–Crippen LogP) is 3.62. The van der Waals surface area contributed by atoms with Gasteiger partial charge in [-0.2, -0.15) is 9.40 Å². The second-order valence-corrected chi connectivity index (χ2v) is 9.98. The Morgan fingerprint density at radius 3 is 2.41 bits per heavy atom. The van der Waals surface area contributed by atoms with Crippen LogP contribution in [0.2, 0.25) is 0 Å². The maximum atomic E-state index is 13.3. The van der Waals surface area contributed by atoms with Gasteiger partial charge in [-0.1, -0.05) is 35.9 Å². The highest BCUT2D eigenvalue weighted by atomic mass is 32.2. The van der Waals surface area contributed by atoms with Gasteiger partial charge in [0.25, 0.3) is 0 Å². The molecule has 4 rings (SSSR count). The lowest BCUT2D eigenvalue weighted by molar-refractivity contribution is -0.130. The highest BCUT2D eigenvalue weighted by molar-refractivity contribution is 7.89. The Balaban J connectivity index is 1.50. The predicted molar refractivity (Wildman–Crippen MR) is 128 cm³/mol. The van der Waals surface area contributed by atoms with E-state index in [2.05, 4.69) is 5.10 Å². The average Bonchev–Trinajstić information content (AvgIpc) is 3.52. The summed E-state index contributed by atoms with van der Waals surface area (Å²) >= 11 is 0. The van der Waals surface area contributed by atoms with E-state index < -0.39 is 10.0 Å². The number of carbonyl (C=O) groups excluding carboxylic acids is 1. The van der Waals surface area contributed by atoms with Crippen LogP contribution in [-0.4, -0.2) is 46.9 Å². The molecule has 4 aromatic rings. The number of nitrogens with zero attached hydrogens (tertiary/aromatic N) is 4. The number of furan rings is 1. The van der Waals surface area contributed by atoms with Gasteiger partial charge in [0.15, 0.2) is 0 Å². The molecule has 0 N–H and O–H groups in total. The molecule has 0 radical (unpaired) electrons. The number of carbonyl (C=O) groups is 1. The van der Waals surface area contributed by atoms with Crippen LogP contribution in [0.4, 0.5) is 0 Å². The summed E-state index contributed by atoms with van der Waals surface area (Å²) in [5, 5.41) is 4.36. The summed E-state index contributed by atoms with van der Waals surface area (Å²) in [6.07, 6.45) is 5.02. The van der Waals surface area contributed by atoms with Gasteiger partial charge in [-0.3, -0.25) is 4.79 Å². The van der Waals surface area contributed by atoms with E-state index in [-0.39, 0.29) is 23.9 Å². The first-order valence-corrected chi connectivity index (χ1v) is 12.2. The standard InChI is InChI=1S/C25H26N4O4S/c1-20-10-12-24(13-11-20)34(31,32)28(18-23-9-6-14-33-23)19-25(30)27(2)16-21-15-26-29(17-21)22-7-4-3-5-8-22/h3-15,17H,16,18-19H2,1-2H3. The van der Waals surface area contributed by atoms with Gasteiger partial charge in [0.05, 0.1) is 36.1 Å². The van der Waals surface area contributed by atoms with E-state index in [1.807, 2.05) is 43.5 Å². The minimum absolute atomic E-state index is 0.0469. The third-order valence-electron chi connectivity index (χ3n) is 5.38. The summed E-state index contributed by atoms with van der Waals surface area (Å²) < 4.78 is 34.9. The maximum Gasteiger partial charge on any atom is 0.243 e. The molecule has 176 valence electrons. The minimum Gasteiger partial charge on any atom is -0.468 e. The largest absolute Gasteiger partial charge is 0.468 e. The van der Waals surface area contributed by atoms with Gasteiger partial charge < -0.3 is 9.32 Å². The Bertz CT molecular complexity index is 1330. The third kappa shape index (κ3) is 5.44. The van der Waals surface area contributed by atoms with E-state index in [0.717, 1.165) is 21.1 Å². The Hall–Kier alpha value is -3.69. The molecule has 0 bridgehead atoms. The number of hydrogen-bond donors (Lipinski definition) is 0. The van der Waals surface area contributed by atoms with Gasteiger partial charge >= 0.3 is 0 Å². The number of rotatable bonds is 9. The molecule has 2 aromatic heterocycles. The summed E-state index contributed by atoms with van der Waals surface area (Å²) in [5.41, 5.74) is 2.69. The van der Waals surface area contributed by atoms with E-state index in [9.17, 15) is 13.2 Å². The normalized spacial score (nSPS) is 11.6. The zero-order valence-corrected chi connectivity index (χ0v) is 19.9. The number of para-hydroxylation sites is 1. The second-order valence-electron chi connectivity index (χ2n) is 8.04. The number of aromatic nitrogens is 2. The van der Waals surface area contributed by atoms with Crippen LogP contribution in [0.3, 0.4) is 0 Å². The highest BCUT2D eigenvalue weighted by Crippen LogP contribution is 2.20. The lowest BCUT2D eigenvalue weighted by Gasteiger charge is -2.24. The Morgan fingerprint density at radius 2 is 1.74 bits per heavy atom. The smallest absolute Gasteiger partial charge is 0.243 e. The quantitative estimate of drug-likeness (QED) is 0.367. The lowest BCUT2D eigenvalue weighted by atomic mass is 10.2. The zero-order valence-electron chi connectivity index (χ0n) is 19.0. The number of aryl methyl sites for hydroxylation is 1. The first-order chi connectivity index (χ1) is 16.3. The Kier molecular flexibility index (Phi) is 6.95. The molecular weight excluding hydrogens is 452 g/mol. The van der Waals surface area contributed by atoms with Crippen LogP contribution in [0.5, 0.6) is 0 Å². The van der Waals surface area contributed by atoms with E-state index in [0.29, 0.717) is 12.3 Å². The molecule has 8 nitrogen and oxygen atoms in total. The summed E-state index contributed by atoms with van der Waals surface area (Å²) in [5.74, 6) is 0.116. The van der Waals surface area contributed by atoms with Gasteiger partial charge in [0, 0.05) is 25.4 Å². The molecule has 9 heteroatoms. The summed E-state index contributed by atoms with van der Waals surface area (Å²) in [7, 11) is -2.27. The average molecular weight is 479 g/mol. The zero-order chi connectivity index (χ0) is 24.1. The van der Waals surface area contributed by atoms with Crippen molar-refractivity contribution >= 4 is 15.9 Å². The van der Waals surface area contributed by atoms with Crippen molar-refractivity contribution in [2.75, 3.05) is 13.6 Å². The minimum atomic E-state index is -3.92. The van der Waals surface area contributed by atoms with Crippen molar-refractivity contribution in [3.63, 3.8) is 0 Å². The SMILES string of the molecule is Cc1ccc(S(=O)(=O)N(CC(=O)N(C)Cc2cnn(-c3ccccc3)c2)Cc2ccco2)cc1. The lowest BCUT2D eigenvalue weighted by Crippen LogP contribution is -2.40. The molecule has 0 saturated heterocycles. The van der Waals surface area contributed by atoms with Crippen LogP contribution >= 0.6 is 0 Å². The molecule has 0 fully saturated rings. The van der Waals surface area contributed by atoms with Crippen molar-refractivity contribution in [3.8, 4) is 5.69 Å². The van der Waals surface area contributed by atoms with E-state index in [1.165, 1.54) is 11.2 Å². The van der Waals surface area contributed by atoms with E-state index in [1.54, 1.807) is 54.3 Å². The topological polar surface area (TPSA) is 88.7 Å². The van der Waals surface area contributed by atoms with Crippen molar-refractivity contribution < 1.29 is 17.6 Å². The van der Waals surface area contributed by atoms with Crippen molar-refractivity contribution in [1.29, 1.82) is 0 Å². The number of likely N-dealkylation sites (N-methyl/N-ethyl adjacent to an activating group) is 1. The number of hydrogen-bond acceptors (Lipinski definition) is 5. The van der Waals surface area contributed by atoms with Crippen LogP contribution < -0.4 is 0 Å². The molecule has 0 saturated carbocycles. The number of benzene rings is 2. The van der Waals surface area contributed by atoms with Crippen molar-refractivity contribution in [2.24, 2.45) is 0 Å². The third-order valence-corrected chi connectivity index (χ3v) is 7.19. The summed E-state index contributed by atoms with van der Waals surface area (Å²) in [6, 6.07) is 19.6. The molecule has 0 aliphatic rings. The highest BCUT2D eigenvalue weighted by Gasteiger charge is 2.29. The molecule has 0 aliphatic carbocycles. The van der Waals surface area contributed by atoms with Crippen LogP contribution in [0, 0.1) is 6.92 Å². The van der Waals surface area contributed by atoms with Crippen LogP contribution in [0.25, 0.3) is 5.69 Å². The number of amides is 1. The van der Waals surface area contributed by atoms with Crippen molar-refractivity contribution in [3.05, 3.63) is 102 Å². The fourth-order valence-corrected chi connectivity index (χ4v) is 4.81. The Morgan fingerprint density at radius 1 is 1.00 bits per heavy atom.